The molecule has 0 radical (unpaired) electrons. The van der Waals surface area contributed by atoms with E-state index in [1.165, 1.54) is 43.9 Å². The zero-order chi connectivity index (χ0) is 12.7. The number of piperidine rings is 1. The van der Waals surface area contributed by atoms with Gasteiger partial charge in [-0.1, -0.05) is 6.92 Å². The molecule has 0 amide bonds. The Morgan fingerprint density at radius 3 is 2.82 bits per heavy atom. The maximum atomic E-state index is 3.79. The summed E-state index contributed by atoms with van der Waals surface area (Å²) in [4.78, 5) is 2.48. The van der Waals surface area contributed by atoms with Crippen LogP contribution in [0.3, 0.4) is 0 Å². The summed E-state index contributed by atoms with van der Waals surface area (Å²) in [5, 5.41) is 3.79. The number of nitrogens with one attached hydrogen (secondary N) is 1. The molecular formula is C14H30N2S. The first-order chi connectivity index (χ1) is 8.13. The van der Waals surface area contributed by atoms with Crippen LogP contribution in [-0.4, -0.2) is 48.6 Å². The SMILES string of the molecule is CCSCCC(C)NC(C)C1CCCN(C)C1. The fourth-order valence-electron chi connectivity index (χ4n) is 2.69. The molecule has 2 nitrogen and oxygen atoms in total. The molecule has 1 rings (SSSR count). The number of likely N-dealkylation sites (tertiary alicyclic amines) is 1. The molecule has 3 unspecified atom stereocenters. The molecule has 0 saturated carbocycles. The normalized spacial score (nSPS) is 25.8. The molecule has 102 valence electrons. The van der Waals surface area contributed by atoms with Gasteiger partial charge in [0.25, 0.3) is 0 Å². The number of hydrogen-bond acceptors (Lipinski definition) is 3. The molecular weight excluding hydrogens is 228 g/mol. The summed E-state index contributed by atoms with van der Waals surface area (Å²) >= 11 is 2.05. The van der Waals surface area contributed by atoms with Gasteiger partial charge in [-0.15, -0.1) is 0 Å². The van der Waals surface area contributed by atoms with Crippen molar-refractivity contribution in [3.63, 3.8) is 0 Å². The van der Waals surface area contributed by atoms with Gasteiger partial charge in [-0.3, -0.25) is 0 Å². The topological polar surface area (TPSA) is 15.3 Å². The van der Waals surface area contributed by atoms with E-state index in [0.29, 0.717) is 12.1 Å². The minimum absolute atomic E-state index is 0.663. The Kier molecular flexibility index (Phi) is 7.56. The van der Waals surface area contributed by atoms with Crippen molar-refractivity contribution in [2.45, 2.75) is 52.1 Å². The average Bonchev–Trinajstić information content (AvgIpc) is 2.29. The lowest BCUT2D eigenvalue weighted by molar-refractivity contribution is 0.174. The summed E-state index contributed by atoms with van der Waals surface area (Å²) in [7, 11) is 2.25. The van der Waals surface area contributed by atoms with Gasteiger partial charge in [0.15, 0.2) is 0 Å². The minimum Gasteiger partial charge on any atom is -0.311 e. The smallest absolute Gasteiger partial charge is 0.00816 e. The van der Waals surface area contributed by atoms with Crippen LogP contribution in [0, 0.1) is 5.92 Å². The Morgan fingerprint density at radius 1 is 1.41 bits per heavy atom. The first kappa shape index (κ1) is 15.3. The van der Waals surface area contributed by atoms with Crippen LogP contribution in [0.4, 0.5) is 0 Å². The molecule has 0 aromatic carbocycles. The summed E-state index contributed by atoms with van der Waals surface area (Å²) in [5.41, 5.74) is 0. The number of rotatable bonds is 7. The quantitative estimate of drug-likeness (QED) is 0.707. The van der Waals surface area contributed by atoms with E-state index in [4.69, 9.17) is 0 Å². The fourth-order valence-corrected chi connectivity index (χ4v) is 3.50. The van der Waals surface area contributed by atoms with Crippen LogP contribution in [-0.2, 0) is 0 Å². The first-order valence-electron chi connectivity index (χ1n) is 7.15. The zero-order valence-electron chi connectivity index (χ0n) is 12.0. The standard InChI is InChI=1S/C14H30N2S/c1-5-17-10-8-12(2)15-13(3)14-7-6-9-16(4)11-14/h12-15H,5-11H2,1-4H3. The van der Waals surface area contributed by atoms with Crippen molar-refractivity contribution in [3.05, 3.63) is 0 Å². The highest BCUT2D eigenvalue weighted by molar-refractivity contribution is 7.99. The van der Waals surface area contributed by atoms with Crippen molar-refractivity contribution in [2.24, 2.45) is 5.92 Å². The zero-order valence-corrected chi connectivity index (χ0v) is 12.9. The Labute approximate surface area is 112 Å². The highest BCUT2D eigenvalue weighted by atomic mass is 32.2. The molecule has 3 heteroatoms. The molecule has 0 aromatic heterocycles. The molecule has 17 heavy (non-hydrogen) atoms. The molecule has 1 saturated heterocycles. The van der Waals surface area contributed by atoms with Crippen molar-refractivity contribution < 1.29 is 0 Å². The van der Waals surface area contributed by atoms with Gasteiger partial charge in [-0.2, -0.15) is 11.8 Å². The van der Waals surface area contributed by atoms with Crippen LogP contribution in [0.2, 0.25) is 0 Å². The lowest BCUT2D eigenvalue weighted by atomic mass is 9.91. The van der Waals surface area contributed by atoms with Gasteiger partial charge in [0, 0.05) is 18.6 Å². The number of nitrogens with zero attached hydrogens (tertiary/aromatic N) is 1. The Balaban J connectivity index is 2.20. The van der Waals surface area contributed by atoms with Gasteiger partial charge in [0.2, 0.25) is 0 Å². The van der Waals surface area contributed by atoms with Crippen LogP contribution in [0.5, 0.6) is 0 Å². The van der Waals surface area contributed by atoms with Gasteiger partial charge in [0.1, 0.15) is 0 Å². The Morgan fingerprint density at radius 2 is 2.18 bits per heavy atom. The predicted molar refractivity (Wildman–Crippen MR) is 79.9 cm³/mol. The van der Waals surface area contributed by atoms with Crippen LogP contribution >= 0.6 is 11.8 Å². The van der Waals surface area contributed by atoms with Crippen LogP contribution in [0.1, 0.15) is 40.0 Å². The highest BCUT2D eigenvalue weighted by Crippen LogP contribution is 2.19. The third-order valence-corrected chi connectivity index (χ3v) is 4.75. The van der Waals surface area contributed by atoms with E-state index in [0.717, 1.165) is 5.92 Å². The Hall–Kier alpha value is 0.270. The van der Waals surface area contributed by atoms with Crippen LogP contribution in [0.15, 0.2) is 0 Å². The maximum Gasteiger partial charge on any atom is 0.00816 e. The summed E-state index contributed by atoms with van der Waals surface area (Å²) < 4.78 is 0. The molecule has 1 aliphatic rings. The van der Waals surface area contributed by atoms with Gasteiger partial charge in [-0.05, 0) is 64.1 Å². The minimum atomic E-state index is 0.663. The molecule has 3 atom stereocenters. The van der Waals surface area contributed by atoms with E-state index in [2.05, 4.69) is 49.8 Å². The third-order valence-electron chi connectivity index (χ3n) is 3.81. The summed E-state index contributed by atoms with van der Waals surface area (Å²) in [6.45, 7) is 9.49. The van der Waals surface area contributed by atoms with Crippen molar-refractivity contribution >= 4 is 11.8 Å². The van der Waals surface area contributed by atoms with Crippen molar-refractivity contribution in [2.75, 3.05) is 31.6 Å². The van der Waals surface area contributed by atoms with E-state index in [9.17, 15) is 0 Å². The number of hydrogen-bond donors (Lipinski definition) is 1. The Bertz CT molecular complexity index is 199. The van der Waals surface area contributed by atoms with E-state index in [1.807, 2.05) is 0 Å². The molecule has 1 aliphatic heterocycles. The maximum absolute atomic E-state index is 3.79. The fraction of sp³-hybridized carbons (Fsp3) is 1.00. The second-order valence-corrected chi connectivity index (χ2v) is 6.90. The van der Waals surface area contributed by atoms with Gasteiger partial charge < -0.3 is 10.2 Å². The summed E-state index contributed by atoms with van der Waals surface area (Å²) in [6.07, 6.45) is 4.06. The summed E-state index contributed by atoms with van der Waals surface area (Å²) in [5.74, 6) is 3.38. The number of thioether (sulfide) groups is 1. The van der Waals surface area contributed by atoms with Gasteiger partial charge in [-0.25, -0.2) is 0 Å². The van der Waals surface area contributed by atoms with Crippen LogP contribution < -0.4 is 5.32 Å². The molecule has 0 aliphatic carbocycles. The van der Waals surface area contributed by atoms with Crippen molar-refractivity contribution in [1.29, 1.82) is 0 Å². The first-order valence-corrected chi connectivity index (χ1v) is 8.31. The van der Waals surface area contributed by atoms with E-state index in [-0.39, 0.29) is 0 Å². The molecule has 1 heterocycles. The second kappa shape index (κ2) is 8.39. The average molecular weight is 258 g/mol. The molecule has 0 aromatic rings. The lowest BCUT2D eigenvalue weighted by Crippen LogP contribution is -2.46. The van der Waals surface area contributed by atoms with E-state index in [1.54, 1.807) is 0 Å². The molecule has 0 bridgehead atoms. The third kappa shape index (κ3) is 6.12. The van der Waals surface area contributed by atoms with Gasteiger partial charge in [0.05, 0.1) is 0 Å². The molecule has 1 fully saturated rings. The van der Waals surface area contributed by atoms with Crippen molar-refractivity contribution in [1.82, 2.24) is 10.2 Å². The van der Waals surface area contributed by atoms with Crippen molar-refractivity contribution in [3.8, 4) is 0 Å². The predicted octanol–water partition coefficient (Wildman–Crippen LogP) is 2.84. The van der Waals surface area contributed by atoms with E-state index < -0.39 is 0 Å². The van der Waals surface area contributed by atoms with Crippen LogP contribution in [0.25, 0.3) is 0 Å². The second-order valence-electron chi connectivity index (χ2n) is 5.51. The monoisotopic (exact) mass is 258 g/mol. The molecule has 0 spiro atoms. The lowest BCUT2D eigenvalue weighted by Gasteiger charge is -2.35. The van der Waals surface area contributed by atoms with E-state index >= 15 is 0 Å². The summed E-state index contributed by atoms with van der Waals surface area (Å²) in [6, 6.07) is 1.33. The highest BCUT2D eigenvalue weighted by Gasteiger charge is 2.23. The van der Waals surface area contributed by atoms with Gasteiger partial charge >= 0.3 is 0 Å². The largest absolute Gasteiger partial charge is 0.311 e. The molecule has 1 N–H and O–H groups in total.